The Morgan fingerprint density at radius 2 is 1.67 bits per heavy atom. The van der Waals surface area contributed by atoms with Crippen LogP contribution in [-0.2, 0) is 6.18 Å². The summed E-state index contributed by atoms with van der Waals surface area (Å²) in [6.45, 7) is 0. The SMILES string of the molecule is Nc1ccc(Nc2ccccc2C(F)(F)F)c2nonc12. The van der Waals surface area contributed by atoms with Gasteiger partial charge in [0.05, 0.1) is 22.6 Å². The van der Waals surface area contributed by atoms with Gasteiger partial charge in [-0.05, 0) is 34.6 Å². The molecule has 1 heterocycles. The Balaban J connectivity index is 2.08. The highest BCUT2D eigenvalue weighted by Gasteiger charge is 2.33. The number of halogens is 3. The van der Waals surface area contributed by atoms with Crippen LogP contribution < -0.4 is 11.1 Å². The summed E-state index contributed by atoms with van der Waals surface area (Å²) in [7, 11) is 0. The molecule has 0 aliphatic carbocycles. The summed E-state index contributed by atoms with van der Waals surface area (Å²) < 4.78 is 43.5. The maximum Gasteiger partial charge on any atom is 0.418 e. The predicted molar refractivity (Wildman–Crippen MR) is 70.9 cm³/mol. The molecular formula is C13H9F3N4O. The van der Waals surface area contributed by atoms with Crippen molar-refractivity contribution in [1.82, 2.24) is 10.3 Å². The third-order valence-electron chi connectivity index (χ3n) is 2.95. The molecular weight excluding hydrogens is 285 g/mol. The molecule has 3 rings (SSSR count). The van der Waals surface area contributed by atoms with Gasteiger partial charge in [-0.25, -0.2) is 4.63 Å². The standard InChI is InChI=1S/C13H9F3N4O/c14-13(15,16)7-3-1-2-4-9(7)18-10-6-5-8(17)11-12(10)20-21-19-11/h1-6,18H,17H2. The highest BCUT2D eigenvalue weighted by Crippen LogP contribution is 2.37. The lowest BCUT2D eigenvalue weighted by molar-refractivity contribution is -0.136. The second-order valence-corrected chi connectivity index (χ2v) is 4.33. The van der Waals surface area contributed by atoms with E-state index in [0.29, 0.717) is 16.9 Å². The zero-order chi connectivity index (χ0) is 15.0. The predicted octanol–water partition coefficient (Wildman–Crippen LogP) is 3.57. The molecule has 0 radical (unpaired) electrons. The number of para-hydroxylation sites is 1. The molecule has 3 N–H and O–H groups in total. The number of nitrogens with one attached hydrogen (secondary N) is 1. The van der Waals surface area contributed by atoms with Gasteiger partial charge in [-0.1, -0.05) is 12.1 Å². The van der Waals surface area contributed by atoms with Crippen LogP contribution >= 0.6 is 0 Å². The van der Waals surface area contributed by atoms with Crippen molar-refractivity contribution in [2.75, 3.05) is 11.1 Å². The van der Waals surface area contributed by atoms with Gasteiger partial charge in [0.25, 0.3) is 0 Å². The first-order valence-corrected chi connectivity index (χ1v) is 5.91. The van der Waals surface area contributed by atoms with Crippen molar-refractivity contribution in [2.45, 2.75) is 6.18 Å². The molecule has 21 heavy (non-hydrogen) atoms. The average Bonchev–Trinajstić information content (AvgIpc) is 2.92. The van der Waals surface area contributed by atoms with Crippen LogP contribution in [0.3, 0.4) is 0 Å². The Hall–Kier alpha value is -2.77. The minimum atomic E-state index is -4.46. The third kappa shape index (κ3) is 2.35. The fraction of sp³-hybridized carbons (Fsp3) is 0.0769. The Labute approximate surface area is 116 Å². The number of nitrogens with zero attached hydrogens (tertiary/aromatic N) is 2. The topological polar surface area (TPSA) is 77.0 Å². The van der Waals surface area contributed by atoms with E-state index < -0.39 is 11.7 Å². The van der Waals surface area contributed by atoms with Gasteiger partial charge in [0.2, 0.25) is 0 Å². The third-order valence-corrected chi connectivity index (χ3v) is 2.95. The van der Waals surface area contributed by atoms with Crippen LogP contribution in [0.1, 0.15) is 5.56 Å². The highest BCUT2D eigenvalue weighted by molar-refractivity contribution is 5.96. The summed E-state index contributed by atoms with van der Waals surface area (Å²) in [4.78, 5) is 0. The molecule has 2 aromatic carbocycles. The minimum Gasteiger partial charge on any atom is -0.397 e. The van der Waals surface area contributed by atoms with Gasteiger partial charge in [-0.2, -0.15) is 13.2 Å². The van der Waals surface area contributed by atoms with Gasteiger partial charge in [-0.15, -0.1) is 0 Å². The lowest BCUT2D eigenvalue weighted by Crippen LogP contribution is -2.08. The molecule has 0 bridgehead atoms. The van der Waals surface area contributed by atoms with Crippen LogP contribution in [0.25, 0.3) is 11.0 Å². The van der Waals surface area contributed by atoms with E-state index >= 15 is 0 Å². The molecule has 0 aliphatic heterocycles. The number of anilines is 3. The van der Waals surface area contributed by atoms with Crippen LogP contribution in [0.5, 0.6) is 0 Å². The number of hydrogen-bond donors (Lipinski definition) is 2. The van der Waals surface area contributed by atoms with Gasteiger partial charge < -0.3 is 11.1 Å². The largest absolute Gasteiger partial charge is 0.418 e. The zero-order valence-electron chi connectivity index (χ0n) is 10.5. The van der Waals surface area contributed by atoms with E-state index in [1.807, 2.05) is 0 Å². The molecule has 5 nitrogen and oxygen atoms in total. The molecule has 0 atom stereocenters. The fourth-order valence-electron chi connectivity index (χ4n) is 1.97. The Morgan fingerprint density at radius 1 is 0.952 bits per heavy atom. The molecule has 0 fully saturated rings. The molecule has 8 heteroatoms. The molecule has 0 saturated heterocycles. The number of alkyl halides is 3. The summed E-state index contributed by atoms with van der Waals surface area (Å²) in [6.07, 6.45) is -4.46. The monoisotopic (exact) mass is 294 g/mol. The van der Waals surface area contributed by atoms with E-state index in [4.69, 9.17) is 5.73 Å². The summed E-state index contributed by atoms with van der Waals surface area (Å²) in [5.41, 5.74) is 6.07. The highest BCUT2D eigenvalue weighted by atomic mass is 19.4. The molecule has 108 valence electrons. The van der Waals surface area contributed by atoms with Gasteiger partial charge in [0, 0.05) is 0 Å². The molecule has 0 amide bonds. The van der Waals surface area contributed by atoms with E-state index in [2.05, 4.69) is 20.3 Å². The van der Waals surface area contributed by atoms with Crippen molar-refractivity contribution in [3.8, 4) is 0 Å². The molecule has 1 aromatic heterocycles. The minimum absolute atomic E-state index is 0.0842. The number of hydrogen-bond acceptors (Lipinski definition) is 5. The summed E-state index contributed by atoms with van der Waals surface area (Å²) >= 11 is 0. The van der Waals surface area contributed by atoms with Gasteiger partial charge >= 0.3 is 6.18 Å². The van der Waals surface area contributed by atoms with Crippen molar-refractivity contribution in [3.05, 3.63) is 42.0 Å². The lowest BCUT2D eigenvalue weighted by atomic mass is 10.1. The number of nitrogens with two attached hydrogens (primary N) is 1. The van der Waals surface area contributed by atoms with Crippen molar-refractivity contribution in [1.29, 1.82) is 0 Å². The van der Waals surface area contributed by atoms with E-state index in [1.54, 1.807) is 0 Å². The van der Waals surface area contributed by atoms with Gasteiger partial charge in [-0.3, -0.25) is 0 Å². The van der Waals surface area contributed by atoms with Gasteiger partial charge in [0.1, 0.15) is 0 Å². The molecule has 0 spiro atoms. The zero-order valence-corrected chi connectivity index (χ0v) is 10.5. The Morgan fingerprint density at radius 3 is 2.43 bits per heavy atom. The summed E-state index contributed by atoms with van der Waals surface area (Å²) in [5, 5.41) is 9.97. The van der Waals surface area contributed by atoms with Crippen LogP contribution in [0.4, 0.5) is 30.2 Å². The smallest absolute Gasteiger partial charge is 0.397 e. The maximum atomic E-state index is 13.0. The van der Waals surface area contributed by atoms with E-state index in [0.717, 1.165) is 6.07 Å². The lowest BCUT2D eigenvalue weighted by Gasteiger charge is -2.14. The fourth-order valence-corrected chi connectivity index (χ4v) is 1.97. The molecule has 0 aliphatic rings. The first kappa shape index (κ1) is 13.2. The van der Waals surface area contributed by atoms with E-state index in [1.165, 1.54) is 30.3 Å². The van der Waals surface area contributed by atoms with E-state index in [-0.39, 0.29) is 11.2 Å². The van der Waals surface area contributed by atoms with E-state index in [9.17, 15) is 13.2 Å². The first-order valence-electron chi connectivity index (χ1n) is 5.91. The van der Waals surface area contributed by atoms with Crippen LogP contribution in [0.15, 0.2) is 41.0 Å². The molecule has 3 aromatic rings. The molecule has 0 saturated carbocycles. The van der Waals surface area contributed by atoms with Crippen LogP contribution in [0.2, 0.25) is 0 Å². The quantitative estimate of drug-likeness (QED) is 0.706. The second kappa shape index (κ2) is 4.65. The maximum absolute atomic E-state index is 13.0. The van der Waals surface area contributed by atoms with Crippen molar-refractivity contribution in [2.24, 2.45) is 0 Å². The molecule has 0 unspecified atom stereocenters. The Bertz CT molecular complexity index is 797. The van der Waals surface area contributed by atoms with Crippen molar-refractivity contribution in [3.63, 3.8) is 0 Å². The number of aromatic nitrogens is 2. The second-order valence-electron chi connectivity index (χ2n) is 4.33. The summed E-state index contributed by atoms with van der Waals surface area (Å²) in [5.74, 6) is 0. The Kier molecular flexibility index (Phi) is 2.93. The summed E-state index contributed by atoms with van der Waals surface area (Å²) in [6, 6.07) is 8.20. The average molecular weight is 294 g/mol. The number of benzene rings is 2. The van der Waals surface area contributed by atoms with Crippen LogP contribution in [-0.4, -0.2) is 10.3 Å². The number of rotatable bonds is 2. The number of fused-ring (bicyclic) bond motifs is 1. The number of nitrogen functional groups attached to an aromatic ring is 1. The van der Waals surface area contributed by atoms with Gasteiger partial charge in [0.15, 0.2) is 11.0 Å². The van der Waals surface area contributed by atoms with Crippen molar-refractivity contribution >= 4 is 28.1 Å². The van der Waals surface area contributed by atoms with Crippen LogP contribution in [0, 0.1) is 0 Å². The normalized spacial score (nSPS) is 11.8. The first-order chi connectivity index (χ1) is 9.97. The van der Waals surface area contributed by atoms with Crippen molar-refractivity contribution < 1.29 is 17.8 Å².